The minimum atomic E-state index is -4.68. The van der Waals surface area contributed by atoms with Crippen LogP contribution in [-0.2, 0) is 15.7 Å². The molecule has 0 saturated carbocycles. The molecule has 0 aliphatic heterocycles. The number of Topliss-reactive ketones (excluding diaryl/α,β-unsaturated/α-hetero) is 1. The molecule has 0 fully saturated rings. The van der Waals surface area contributed by atoms with Gasteiger partial charge in [0.2, 0.25) is 0 Å². The Balaban J connectivity index is 3.28. The molecule has 0 aromatic heterocycles. The first-order valence-corrected chi connectivity index (χ1v) is 5.96. The van der Waals surface area contributed by atoms with Gasteiger partial charge in [-0.25, -0.2) is 0 Å². The molecule has 1 unspecified atom stereocenters. The predicted octanol–water partition coefficient (Wildman–Crippen LogP) is 3.46. The lowest BCUT2D eigenvalue weighted by Gasteiger charge is -2.14. The van der Waals surface area contributed by atoms with Crippen LogP contribution >= 0.6 is 15.9 Å². The van der Waals surface area contributed by atoms with Gasteiger partial charge in [-0.3, -0.25) is 9.59 Å². The molecule has 7 heteroatoms. The smallest absolute Gasteiger partial charge is 0.417 e. The fourth-order valence-electron chi connectivity index (χ4n) is 1.48. The van der Waals surface area contributed by atoms with E-state index in [0.717, 1.165) is 19.2 Å². The van der Waals surface area contributed by atoms with Gasteiger partial charge >= 0.3 is 12.1 Å². The third-order valence-corrected chi connectivity index (χ3v) is 2.99. The lowest BCUT2D eigenvalue weighted by atomic mass is 9.95. The molecule has 1 aromatic rings. The number of esters is 1. The number of hydrogen-bond donors (Lipinski definition) is 0. The highest BCUT2D eigenvalue weighted by Crippen LogP contribution is 2.34. The van der Waals surface area contributed by atoms with Crippen LogP contribution in [-0.4, -0.2) is 18.9 Å². The molecule has 0 amide bonds. The Morgan fingerprint density at radius 2 is 1.89 bits per heavy atom. The molecule has 0 aliphatic rings. The minimum Gasteiger partial charge on any atom is -0.468 e. The molecule has 19 heavy (non-hydrogen) atoms. The van der Waals surface area contributed by atoms with Gasteiger partial charge < -0.3 is 4.74 Å². The summed E-state index contributed by atoms with van der Waals surface area (Å²) in [4.78, 5) is 23.1. The summed E-state index contributed by atoms with van der Waals surface area (Å²) in [5.41, 5.74) is -1.63. The van der Waals surface area contributed by atoms with Crippen molar-refractivity contribution < 1.29 is 27.5 Å². The fraction of sp³-hybridized carbons (Fsp3) is 0.333. The van der Waals surface area contributed by atoms with E-state index >= 15 is 0 Å². The number of methoxy groups -OCH3 is 1. The van der Waals surface area contributed by atoms with Crippen LogP contribution in [0, 0.1) is 5.92 Å². The number of carbonyl (C=O) groups excluding carboxylic acids is 2. The normalized spacial score (nSPS) is 12.9. The number of benzene rings is 1. The molecule has 104 valence electrons. The zero-order chi connectivity index (χ0) is 14.8. The second-order valence-corrected chi connectivity index (χ2v) is 4.71. The Morgan fingerprint density at radius 3 is 2.37 bits per heavy atom. The molecular formula is C12H10BrF3O3. The summed E-state index contributed by atoms with van der Waals surface area (Å²) in [6.07, 6.45) is -4.68. The fourth-order valence-corrected chi connectivity index (χ4v) is 1.84. The maximum atomic E-state index is 12.8. The zero-order valence-electron chi connectivity index (χ0n) is 10.0. The molecular weight excluding hydrogens is 329 g/mol. The summed E-state index contributed by atoms with van der Waals surface area (Å²) in [6, 6.07) is 3.15. The predicted molar refractivity (Wildman–Crippen MR) is 64.7 cm³/mol. The Kier molecular flexibility index (Phi) is 4.73. The van der Waals surface area contributed by atoms with E-state index in [1.54, 1.807) is 0 Å². The number of rotatable bonds is 3. The molecule has 1 aromatic carbocycles. The minimum absolute atomic E-state index is 0.196. The lowest BCUT2D eigenvalue weighted by Crippen LogP contribution is -2.25. The third-order valence-electron chi connectivity index (χ3n) is 2.50. The Morgan fingerprint density at radius 1 is 1.32 bits per heavy atom. The maximum absolute atomic E-state index is 12.8. The van der Waals surface area contributed by atoms with Crippen LogP contribution < -0.4 is 0 Å². The van der Waals surface area contributed by atoms with Crippen LogP contribution in [0.3, 0.4) is 0 Å². The summed E-state index contributed by atoms with van der Waals surface area (Å²) in [5, 5.41) is 0. The highest BCUT2D eigenvalue weighted by Gasteiger charge is 2.37. The van der Waals surface area contributed by atoms with E-state index in [2.05, 4.69) is 20.7 Å². The SMILES string of the molecule is COC(=O)C(C)C(=O)c1ccc(Br)cc1C(F)(F)F. The molecule has 0 bridgehead atoms. The van der Waals surface area contributed by atoms with Gasteiger partial charge in [-0.15, -0.1) is 0 Å². The first-order chi connectivity index (χ1) is 8.68. The number of ether oxygens (including phenoxy) is 1. The number of ketones is 1. The maximum Gasteiger partial charge on any atom is 0.417 e. The van der Waals surface area contributed by atoms with Crippen molar-refractivity contribution in [2.75, 3.05) is 7.11 Å². The van der Waals surface area contributed by atoms with E-state index in [9.17, 15) is 22.8 Å². The Hall–Kier alpha value is -1.37. The van der Waals surface area contributed by atoms with Crippen molar-refractivity contribution in [3.05, 3.63) is 33.8 Å². The third kappa shape index (κ3) is 3.56. The van der Waals surface area contributed by atoms with Crippen molar-refractivity contribution in [1.82, 2.24) is 0 Å². The van der Waals surface area contributed by atoms with Gasteiger partial charge in [0.15, 0.2) is 5.78 Å². The van der Waals surface area contributed by atoms with E-state index in [1.165, 1.54) is 13.0 Å². The Labute approximate surface area is 115 Å². The molecule has 0 radical (unpaired) electrons. The second kappa shape index (κ2) is 5.73. The highest BCUT2D eigenvalue weighted by atomic mass is 79.9. The van der Waals surface area contributed by atoms with Crippen LogP contribution in [0.2, 0.25) is 0 Å². The van der Waals surface area contributed by atoms with Crippen molar-refractivity contribution in [3.8, 4) is 0 Å². The van der Waals surface area contributed by atoms with E-state index in [4.69, 9.17) is 0 Å². The molecule has 0 aliphatic carbocycles. The van der Waals surface area contributed by atoms with Crippen LogP contribution in [0.25, 0.3) is 0 Å². The number of alkyl halides is 3. The van der Waals surface area contributed by atoms with Gasteiger partial charge in [-0.1, -0.05) is 15.9 Å². The summed E-state index contributed by atoms with van der Waals surface area (Å²) in [6.45, 7) is 1.20. The van der Waals surface area contributed by atoms with Crippen molar-refractivity contribution in [2.45, 2.75) is 13.1 Å². The number of hydrogen-bond acceptors (Lipinski definition) is 3. The summed E-state index contributed by atoms with van der Waals surface area (Å²) in [7, 11) is 1.07. The molecule has 0 saturated heterocycles. The monoisotopic (exact) mass is 338 g/mol. The Bertz CT molecular complexity index is 511. The van der Waals surface area contributed by atoms with Crippen molar-refractivity contribution in [2.24, 2.45) is 5.92 Å². The zero-order valence-corrected chi connectivity index (χ0v) is 11.6. The van der Waals surface area contributed by atoms with Crippen molar-refractivity contribution in [1.29, 1.82) is 0 Å². The first kappa shape index (κ1) is 15.7. The van der Waals surface area contributed by atoms with Crippen LogP contribution in [0.4, 0.5) is 13.2 Å². The first-order valence-electron chi connectivity index (χ1n) is 5.17. The van der Waals surface area contributed by atoms with E-state index < -0.39 is 35.0 Å². The molecule has 0 N–H and O–H groups in total. The lowest BCUT2D eigenvalue weighted by molar-refractivity contribution is -0.143. The van der Waals surface area contributed by atoms with Crippen molar-refractivity contribution in [3.63, 3.8) is 0 Å². The van der Waals surface area contributed by atoms with Gasteiger partial charge in [0.1, 0.15) is 5.92 Å². The largest absolute Gasteiger partial charge is 0.468 e. The quantitative estimate of drug-likeness (QED) is 0.481. The van der Waals surface area contributed by atoms with Gasteiger partial charge in [0.05, 0.1) is 12.7 Å². The van der Waals surface area contributed by atoms with Gasteiger partial charge in [0.25, 0.3) is 0 Å². The van der Waals surface area contributed by atoms with Gasteiger partial charge in [-0.05, 0) is 25.1 Å². The van der Waals surface area contributed by atoms with E-state index in [-0.39, 0.29) is 4.47 Å². The molecule has 1 atom stereocenters. The molecule has 3 nitrogen and oxygen atoms in total. The summed E-state index contributed by atoms with van der Waals surface area (Å²) < 4.78 is 43.1. The topological polar surface area (TPSA) is 43.4 Å². The number of halogens is 4. The summed E-state index contributed by atoms with van der Waals surface area (Å²) >= 11 is 2.91. The van der Waals surface area contributed by atoms with E-state index in [0.29, 0.717) is 0 Å². The van der Waals surface area contributed by atoms with Gasteiger partial charge in [-0.2, -0.15) is 13.2 Å². The van der Waals surface area contributed by atoms with Crippen LogP contribution in [0.1, 0.15) is 22.8 Å². The molecule has 0 heterocycles. The number of carbonyl (C=O) groups is 2. The van der Waals surface area contributed by atoms with Gasteiger partial charge in [0, 0.05) is 10.0 Å². The average Bonchev–Trinajstić information content (AvgIpc) is 2.35. The average molecular weight is 339 g/mol. The summed E-state index contributed by atoms with van der Waals surface area (Å²) in [5.74, 6) is -3.08. The highest BCUT2D eigenvalue weighted by molar-refractivity contribution is 9.10. The molecule has 0 spiro atoms. The van der Waals surface area contributed by atoms with Crippen LogP contribution in [0.15, 0.2) is 22.7 Å². The van der Waals surface area contributed by atoms with Crippen LogP contribution in [0.5, 0.6) is 0 Å². The van der Waals surface area contributed by atoms with Crippen molar-refractivity contribution >= 4 is 27.7 Å². The standard InChI is InChI=1S/C12H10BrF3O3/c1-6(11(18)19-2)10(17)8-4-3-7(13)5-9(8)12(14,15)16/h3-6H,1-2H3. The molecule has 1 rings (SSSR count). The van der Waals surface area contributed by atoms with E-state index in [1.807, 2.05) is 0 Å². The second-order valence-electron chi connectivity index (χ2n) is 3.80.